The first kappa shape index (κ1) is 20.8. The molecule has 3 aromatic carbocycles. The summed E-state index contributed by atoms with van der Waals surface area (Å²) in [6, 6.07) is 20.2. The fourth-order valence-corrected chi connectivity index (χ4v) is 2.51. The molecule has 0 aliphatic carbocycles. The standard InChI is InChI=1S/C14H12ClNO2.C8H9Cl/c1-18-14-7-10(5-6-13(14)17)9-16-12-4-2-3-11(15)8-12;1-2-7-3-5-8(9)6-4-7/h2-9,17H,1H3;3-6H,2H2,1H3. The third-order valence-electron chi connectivity index (χ3n) is 3.70. The van der Waals surface area contributed by atoms with Gasteiger partial charge in [0.15, 0.2) is 11.5 Å². The normalized spacial score (nSPS) is 10.4. The second-order valence-electron chi connectivity index (χ2n) is 5.65. The molecule has 0 aliphatic heterocycles. The highest BCUT2D eigenvalue weighted by Gasteiger charge is 2.00. The Hall–Kier alpha value is -2.49. The van der Waals surface area contributed by atoms with Gasteiger partial charge in [0.25, 0.3) is 0 Å². The fraction of sp³-hybridized carbons (Fsp3) is 0.136. The van der Waals surface area contributed by atoms with Crippen molar-refractivity contribution in [1.29, 1.82) is 0 Å². The number of aromatic hydroxyl groups is 1. The van der Waals surface area contributed by atoms with Gasteiger partial charge in [-0.2, -0.15) is 0 Å². The van der Waals surface area contributed by atoms with Crippen LogP contribution in [-0.4, -0.2) is 18.4 Å². The zero-order chi connectivity index (χ0) is 19.6. The molecule has 27 heavy (non-hydrogen) atoms. The summed E-state index contributed by atoms with van der Waals surface area (Å²) in [5, 5.41) is 10.9. The maximum atomic E-state index is 9.47. The summed E-state index contributed by atoms with van der Waals surface area (Å²) >= 11 is 11.5. The maximum absolute atomic E-state index is 9.47. The van der Waals surface area contributed by atoms with E-state index in [1.807, 2.05) is 36.4 Å². The highest BCUT2D eigenvalue weighted by Crippen LogP contribution is 2.26. The number of phenols is 1. The Morgan fingerprint density at radius 2 is 1.70 bits per heavy atom. The molecule has 3 nitrogen and oxygen atoms in total. The van der Waals surface area contributed by atoms with Gasteiger partial charge >= 0.3 is 0 Å². The van der Waals surface area contributed by atoms with E-state index < -0.39 is 0 Å². The molecule has 0 fully saturated rings. The van der Waals surface area contributed by atoms with Crippen molar-refractivity contribution >= 4 is 35.1 Å². The summed E-state index contributed by atoms with van der Waals surface area (Å²) < 4.78 is 5.02. The molecule has 1 N–H and O–H groups in total. The summed E-state index contributed by atoms with van der Waals surface area (Å²) in [5.41, 5.74) is 2.94. The zero-order valence-corrected chi connectivity index (χ0v) is 16.7. The number of aliphatic imine (C=N–C) groups is 1. The van der Waals surface area contributed by atoms with Crippen LogP contribution in [-0.2, 0) is 6.42 Å². The van der Waals surface area contributed by atoms with Gasteiger partial charge in [0.1, 0.15) is 0 Å². The van der Waals surface area contributed by atoms with Gasteiger partial charge in [-0.3, -0.25) is 4.99 Å². The number of nitrogens with zero attached hydrogens (tertiary/aromatic N) is 1. The lowest BCUT2D eigenvalue weighted by Crippen LogP contribution is -1.86. The van der Waals surface area contributed by atoms with Crippen molar-refractivity contribution in [2.75, 3.05) is 7.11 Å². The van der Waals surface area contributed by atoms with Crippen LogP contribution in [0.1, 0.15) is 18.1 Å². The first-order valence-corrected chi connectivity index (χ1v) is 9.18. The SMILES string of the molecule is CCc1ccc(Cl)cc1.COc1cc(C=Nc2cccc(Cl)c2)ccc1O. The van der Waals surface area contributed by atoms with Crippen molar-refractivity contribution in [2.45, 2.75) is 13.3 Å². The molecule has 0 amide bonds. The Labute approximate surface area is 169 Å². The highest BCUT2D eigenvalue weighted by atomic mass is 35.5. The minimum Gasteiger partial charge on any atom is -0.504 e. The van der Waals surface area contributed by atoms with Crippen molar-refractivity contribution < 1.29 is 9.84 Å². The first-order chi connectivity index (χ1) is 13.0. The minimum atomic E-state index is 0.109. The summed E-state index contributed by atoms with van der Waals surface area (Å²) in [6.45, 7) is 2.13. The summed E-state index contributed by atoms with van der Waals surface area (Å²) in [7, 11) is 1.51. The molecule has 0 unspecified atom stereocenters. The molecule has 0 radical (unpaired) electrons. The lowest BCUT2D eigenvalue weighted by molar-refractivity contribution is 0.373. The number of methoxy groups -OCH3 is 1. The van der Waals surface area contributed by atoms with Gasteiger partial charge in [-0.15, -0.1) is 0 Å². The third-order valence-corrected chi connectivity index (χ3v) is 4.18. The molecule has 0 bridgehead atoms. The van der Waals surface area contributed by atoms with Crippen LogP contribution in [0.15, 0.2) is 71.7 Å². The maximum Gasteiger partial charge on any atom is 0.161 e. The van der Waals surface area contributed by atoms with Gasteiger partial charge in [0, 0.05) is 16.3 Å². The quantitative estimate of drug-likeness (QED) is 0.493. The van der Waals surface area contributed by atoms with Crippen LogP contribution < -0.4 is 4.74 Å². The molecule has 5 heteroatoms. The molecular weight excluding hydrogens is 381 g/mol. The largest absolute Gasteiger partial charge is 0.504 e. The van der Waals surface area contributed by atoms with Crippen LogP contribution >= 0.6 is 23.2 Å². The molecule has 0 aromatic heterocycles. The van der Waals surface area contributed by atoms with E-state index in [4.69, 9.17) is 27.9 Å². The number of ether oxygens (including phenoxy) is 1. The van der Waals surface area contributed by atoms with E-state index in [0.717, 1.165) is 22.7 Å². The number of hydrogen-bond acceptors (Lipinski definition) is 3. The zero-order valence-electron chi connectivity index (χ0n) is 15.2. The number of aryl methyl sites for hydroxylation is 1. The molecule has 0 heterocycles. The van der Waals surface area contributed by atoms with Crippen LogP contribution in [0.3, 0.4) is 0 Å². The molecule has 0 atom stereocenters. The molecule has 3 aromatic rings. The van der Waals surface area contributed by atoms with E-state index in [9.17, 15) is 5.11 Å². The lowest BCUT2D eigenvalue weighted by Gasteiger charge is -2.03. The fourth-order valence-electron chi connectivity index (χ4n) is 2.20. The Morgan fingerprint density at radius 3 is 2.33 bits per heavy atom. The summed E-state index contributed by atoms with van der Waals surface area (Å²) in [5.74, 6) is 0.530. The summed E-state index contributed by atoms with van der Waals surface area (Å²) in [6.07, 6.45) is 2.77. The van der Waals surface area contributed by atoms with Gasteiger partial charge < -0.3 is 9.84 Å². The van der Waals surface area contributed by atoms with Crippen LogP contribution in [0, 0.1) is 0 Å². The van der Waals surface area contributed by atoms with E-state index in [0.29, 0.717) is 10.8 Å². The Kier molecular flexibility index (Phi) is 8.18. The topological polar surface area (TPSA) is 41.8 Å². The lowest BCUT2D eigenvalue weighted by atomic mass is 10.2. The van der Waals surface area contributed by atoms with Crippen molar-refractivity contribution in [3.8, 4) is 11.5 Å². The average molecular weight is 402 g/mol. The second kappa shape index (κ2) is 10.6. The van der Waals surface area contributed by atoms with Gasteiger partial charge in [-0.25, -0.2) is 0 Å². The van der Waals surface area contributed by atoms with E-state index >= 15 is 0 Å². The molecule has 0 saturated carbocycles. The minimum absolute atomic E-state index is 0.109. The predicted octanol–water partition coefficient (Wildman–Crippen LogP) is 6.71. The van der Waals surface area contributed by atoms with Crippen LogP contribution in [0.5, 0.6) is 11.5 Å². The first-order valence-electron chi connectivity index (χ1n) is 8.43. The van der Waals surface area contributed by atoms with Crippen LogP contribution in [0.2, 0.25) is 10.0 Å². The van der Waals surface area contributed by atoms with Gasteiger partial charge in [-0.05, 0) is 66.1 Å². The number of phenolic OH excluding ortho intramolecular Hbond substituents is 1. The molecule has 0 spiro atoms. The Bertz CT molecular complexity index is 893. The second-order valence-corrected chi connectivity index (χ2v) is 6.52. The molecule has 140 valence electrons. The molecule has 0 aliphatic rings. The van der Waals surface area contributed by atoms with Crippen molar-refractivity contribution in [3.05, 3.63) is 87.9 Å². The smallest absolute Gasteiger partial charge is 0.161 e. The number of halogens is 2. The number of benzene rings is 3. The Morgan fingerprint density at radius 1 is 0.963 bits per heavy atom. The van der Waals surface area contributed by atoms with E-state index in [-0.39, 0.29) is 5.75 Å². The van der Waals surface area contributed by atoms with Gasteiger partial charge in [0.05, 0.1) is 12.8 Å². The van der Waals surface area contributed by atoms with Crippen LogP contribution in [0.4, 0.5) is 5.69 Å². The van der Waals surface area contributed by atoms with Crippen LogP contribution in [0.25, 0.3) is 0 Å². The van der Waals surface area contributed by atoms with E-state index in [1.54, 1.807) is 36.5 Å². The Balaban J connectivity index is 0.000000244. The van der Waals surface area contributed by atoms with Gasteiger partial charge in [0.2, 0.25) is 0 Å². The molecule has 0 saturated heterocycles. The molecule has 3 rings (SSSR count). The van der Waals surface area contributed by atoms with Gasteiger partial charge in [-0.1, -0.05) is 48.3 Å². The van der Waals surface area contributed by atoms with Crippen molar-refractivity contribution in [3.63, 3.8) is 0 Å². The third kappa shape index (κ3) is 6.97. The van der Waals surface area contributed by atoms with Crippen molar-refractivity contribution in [2.24, 2.45) is 4.99 Å². The highest BCUT2D eigenvalue weighted by molar-refractivity contribution is 6.31. The number of rotatable bonds is 4. The molecular formula is C22H21Cl2NO2. The summed E-state index contributed by atoms with van der Waals surface area (Å²) in [4.78, 5) is 4.30. The van der Waals surface area contributed by atoms with E-state index in [2.05, 4.69) is 11.9 Å². The monoisotopic (exact) mass is 401 g/mol. The predicted molar refractivity (Wildman–Crippen MR) is 114 cm³/mol. The average Bonchev–Trinajstić information content (AvgIpc) is 2.68. The van der Waals surface area contributed by atoms with Crippen molar-refractivity contribution in [1.82, 2.24) is 0 Å². The number of hydrogen-bond donors (Lipinski definition) is 1. The van der Waals surface area contributed by atoms with E-state index in [1.165, 1.54) is 12.7 Å².